The van der Waals surface area contributed by atoms with Crippen molar-refractivity contribution in [1.82, 2.24) is 19.7 Å². The van der Waals surface area contributed by atoms with Gasteiger partial charge in [0.15, 0.2) is 0 Å². The summed E-state index contributed by atoms with van der Waals surface area (Å²) >= 11 is 0. The molecule has 2 aromatic heterocycles. The summed E-state index contributed by atoms with van der Waals surface area (Å²) < 4.78 is 7.80. The summed E-state index contributed by atoms with van der Waals surface area (Å²) in [5.74, 6) is 1.37. The van der Waals surface area contributed by atoms with Crippen molar-refractivity contribution in [2.75, 3.05) is 17.7 Å². The minimum atomic E-state index is -0.294. The van der Waals surface area contributed by atoms with Gasteiger partial charge < -0.3 is 21.2 Å². The van der Waals surface area contributed by atoms with Gasteiger partial charge in [0.05, 0.1) is 36.0 Å². The van der Waals surface area contributed by atoms with Crippen LogP contribution in [-0.2, 0) is 7.05 Å². The van der Waals surface area contributed by atoms with E-state index >= 15 is 0 Å². The quantitative estimate of drug-likeness (QED) is 0.498. The first kappa shape index (κ1) is 21.8. The Bertz CT molecular complexity index is 1170. The standard InChI is InChI=1S/C22H26N8O/c1-6-31-20-17(14(4)29-22-19(13(3)24)21(25)26-11-27-22)7-15(8-23)12(2)18(20)16-9-28-30(5)10-16/h7,9-11,14,24H,6H2,1-5H3,(H3,25,26,27,29). The van der Waals surface area contributed by atoms with Crippen LogP contribution in [0, 0.1) is 23.7 Å². The van der Waals surface area contributed by atoms with Crippen molar-refractivity contribution in [2.45, 2.75) is 33.7 Å². The Morgan fingerprint density at radius 2 is 2.16 bits per heavy atom. The number of nitrogen functional groups attached to an aromatic ring is 1. The minimum Gasteiger partial charge on any atom is -0.493 e. The first-order valence-electron chi connectivity index (χ1n) is 9.90. The van der Waals surface area contributed by atoms with E-state index in [1.54, 1.807) is 17.8 Å². The van der Waals surface area contributed by atoms with Gasteiger partial charge in [0.2, 0.25) is 0 Å². The Morgan fingerprint density at radius 3 is 2.74 bits per heavy atom. The number of nitriles is 1. The van der Waals surface area contributed by atoms with Crippen LogP contribution in [0.3, 0.4) is 0 Å². The Kier molecular flexibility index (Phi) is 6.20. The zero-order chi connectivity index (χ0) is 22.7. The molecule has 160 valence electrons. The summed E-state index contributed by atoms with van der Waals surface area (Å²) in [5.41, 5.74) is 10.6. The third kappa shape index (κ3) is 4.19. The van der Waals surface area contributed by atoms with Gasteiger partial charge in [0.25, 0.3) is 0 Å². The monoisotopic (exact) mass is 418 g/mol. The molecular weight excluding hydrogens is 392 g/mol. The van der Waals surface area contributed by atoms with E-state index in [4.69, 9.17) is 15.9 Å². The van der Waals surface area contributed by atoms with E-state index in [0.717, 1.165) is 22.3 Å². The molecule has 0 amide bonds. The molecule has 0 bridgehead atoms. The molecule has 1 aromatic carbocycles. The maximum atomic E-state index is 9.77. The molecule has 0 fully saturated rings. The van der Waals surface area contributed by atoms with Crippen LogP contribution in [-0.4, -0.2) is 32.1 Å². The van der Waals surface area contributed by atoms with E-state index in [2.05, 4.69) is 26.5 Å². The molecule has 9 heteroatoms. The summed E-state index contributed by atoms with van der Waals surface area (Å²) in [5, 5.41) is 25.4. The molecule has 0 spiro atoms. The molecule has 0 saturated heterocycles. The largest absolute Gasteiger partial charge is 0.493 e. The van der Waals surface area contributed by atoms with Crippen molar-refractivity contribution in [3.05, 3.63) is 47.0 Å². The molecule has 1 unspecified atom stereocenters. The molecule has 0 aliphatic rings. The van der Waals surface area contributed by atoms with E-state index in [1.807, 2.05) is 40.1 Å². The Balaban J connectivity index is 2.18. The second-order valence-corrected chi connectivity index (χ2v) is 7.26. The van der Waals surface area contributed by atoms with Crippen LogP contribution < -0.4 is 15.8 Å². The first-order chi connectivity index (χ1) is 14.8. The van der Waals surface area contributed by atoms with E-state index in [9.17, 15) is 5.26 Å². The third-order valence-electron chi connectivity index (χ3n) is 5.04. The van der Waals surface area contributed by atoms with Gasteiger partial charge in [-0.3, -0.25) is 4.68 Å². The fourth-order valence-corrected chi connectivity index (χ4v) is 3.58. The Morgan fingerprint density at radius 1 is 1.42 bits per heavy atom. The topological polar surface area (TPSA) is 139 Å². The fraction of sp³-hybridized carbons (Fsp3) is 0.318. The van der Waals surface area contributed by atoms with Gasteiger partial charge in [-0.25, -0.2) is 9.97 Å². The summed E-state index contributed by atoms with van der Waals surface area (Å²) in [7, 11) is 1.85. The number of aromatic nitrogens is 4. The Hall–Kier alpha value is -3.93. The summed E-state index contributed by atoms with van der Waals surface area (Å²) in [6.45, 7) is 7.88. The van der Waals surface area contributed by atoms with Crippen LogP contribution in [0.2, 0.25) is 0 Å². The highest BCUT2D eigenvalue weighted by Gasteiger charge is 2.24. The Labute approximate surface area is 181 Å². The summed E-state index contributed by atoms with van der Waals surface area (Å²) in [6, 6.07) is 3.83. The molecule has 9 nitrogen and oxygen atoms in total. The highest BCUT2D eigenvalue weighted by atomic mass is 16.5. The van der Waals surface area contributed by atoms with E-state index in [1.165, 1.54) is 6.33 Å². The minimum absolute atomic E-state index is 0.236. The average Bonchev–Trinajstić information content (AvgIpc) is 3.14. The van der Waals surface area contributed by atoms with Crippen molar-refractivity contribution < 1.29 is 4.74 Å². The second-order valence-electron chi connectivity index (χ2n) is 7.26. The van der Waals surface area contributed by atoms with Gasteiger partial charge in [0, 0.05) is 35.6 Å². The van der Waals surface area contributed by atoms with E-state index in [0.29, 0.717) is 29.3 Å². The lowest BCUT2D eigenvalue weighted by Crippen LogP contribution is -2.16. The number of nitrogens with two attached hydrogens (primary N) is 1. The number of rotatable bonds is 7. The molecule has 2 heterocycles. The molecule has 4 N–H and O–H groups in total. The maximum Gasteiger partial charge on any atom is 0.141 e. The number of anilines is 2. The lowest BCUT2D eigenvalue weighted by atomic mass is 9.91. The molecular formula is C22H26N8O. The zero-order valence-electron chi connectivity index (χ0n) is 18.3. The first-order valence-corrected chi connectivity index (χ1v) is 9.90. The van der Waals surface area contributed by atoms with Crippen LogP contribution in [0.4, 0.5) is 11.6 Å². The third-order valence-corrected chi connectivity index (χ3v) is 5.04. The zero-order valence-corrected chi connectivity index (χ0v) is 18.3. The number of ether oxygens (including phenoxy) is 1. The fourth-order valence-electron chi connectivity index (χ4n) is 3.58. The smallest absolute Gasteiger partial charge is 0.141 e. The van der Waals surface area contributed by atoms with Crippen LogP contribution in [0.5, 0.6) is 5.75 Å². The normalized spacial score (nSPS) is 11.6. The number of nitrogens with one attached hydrogen (secondary N) is 2. The van der Waals surface area contributed by atoms with Crippen LogP contribution in [0.1, 0.15) is 49.1 Å². The summed E-state index contributed by atoms with van der Waals surface area (Å²) in [6.07, 6.45) is 5.02. The molecule has 0 aliphatic heterocycles. The maximum absolute atomic E-state index is 9.77. The molecule has 0 saturated carbocycles. The van der Waals surface area contributed by atoms with Gasteiger partial charge in [0.1, 0.15) is 23.7 Å². The van der Waals surface area contributed by atoms with Gasteiger partial charge >= 0.3 is 0 Å². The number of aryl methyl sites for hydroxylation is 1. The van der Waals surface area contributed by atoms with Crippen molar-refractivity contribution in [2.24, 2.45) is 7.05 Å². The van der Waals surface area contributed by atoms with Gasteiger partial charge in [-0.1, -0.05) is 0 Å². The molecule has 0 radical (unpaired) electrons. The second kappa shape index (κ2) is 8.83. The number of benzene rings is 1. The SMILES string of the molecule is CCOc1c(C(C)Nc2ncnc(N)c2C(C)=N)cc(C#N)c(C)c1-c1cnn(C)c1. The highest BCUT2D eigenvalue weighted by Crippen LogP contribution is 2.41. The van der Waals surface area contributed by atoms with Gasteiger partial charge in [-0.15, -0.1) is 0 Å². The molecule has 3 rings (SSSR count). The molecule has 31 heavy (non-hydrogen) atoms. The van der Waals surface area contributed by atoms with Gasteiger partial charge in [-0.05, 0) is 39.3 Å². The van der Waals surface area contributed by atoms with E-state index < -0.39 is 0 Å². The van der Waals surface area contributed by atoms with Gasteiger partial charge in [-0.2, -0.15) is 10.4 Å². The molecule has 0 aliphatic carbocycles. The average molecular weight is 419 g/mol. The van der Waals surface area contributed by atoms with Crippen LogP contribution in [0.25, 0.3) is 11.1 Å². The highest BCUT2D eigenvalue weighted by molar-refractivity contribution is 6.04. The lowest BCUT2D eigenvalue weighted by molar-refractivity contribution is 0.336. The van der Waals surface area contributed by atoms with Crippen LogP contribution in [0.15, 0.2) is 24.8 Å². The number of nitrogens with zero attached hydrogens (tertiary/aromatic N) is 5. The predicted octanol–water partition coefficient (Wildman–Crippen LogP) is 3.60. The van der Waals surface area contributed by atoms with E-state index in [-0.39, 0.29) is 17.6 Å². The number of hydrogen-bond acceptors (Lipinski definition) is 8. The lowest BCUT2D eigenvalue weighted by Gasteiger charge is -2.23. The molecule has 3 aromatic rings. The van der Waals surface area contributed by atoms with Crippen molar-refractivity contribution in [3.63, 3.8) is 0 Å². The van der Waals surface area contributed by atoms with Crippen molar-refractivity contribution in [1.29, 1.82) is 10.7 Å². The number of hydrogen-bond donors (Lipinski definition) is 3. The van der Waals surface area contributed by atoms with Crippen LogP contribution >= 0.6 is 0 Å². The molecule has 1 atom stereocenters. The van der Waals surface area contributed by atoms with Crippen molar-refractivity contribution >= 4 is 17.3 Å². The summed E-state index contributed by atoms with van der Waals surface area (Å²) in [4.78, 5) is 8.28. The van der Waals surface area contributed by atoms with Crippen molar-refractivity contribution in [3.8, 4) is 22.9 Å². The predicted molar refractivity (Wildman–Crippen MR) is 120 cm³/mol.